The van der Waals surface area contributed by atoms with Crippen LogP contribution in [0.1, 0.15) is 76.2 Å². The Morgan fingerprint density at radius 1 is 0.893 bits per heavy atom. The summed E-state index contributed by atoms with van der Waals surface area (Å²) >= 11 is 0. The van der Waals surface area contributed by atoms with E-state index in [0.29, 0.717) is 5.92 Å². The summed E-state index contributed by atoms with van der Waals surface area (Å²) in [5.41, 5.74) is 1.17. The lowest BCUT2D eigenvalue weighted by molar-refractivity contribution is -0.274. The van der Waals surface area contributed by atoms with Crippen LogP contribution in [0.25, 0.3) is 0 Å². The summed E-state index contributed by atoms with van der Waals surface area (Å²) in [7, 11) is -0.424. The van der Waals surface area contributed by atoms with Gasteiger partial charge >= 0.3 is 6.36 Å². The van der Waals surface area contributed by atoms with Gasteiger partial charge in [-0.25, -0.2) is 0 Å². The van der Waals surface area contributed by atoms with Crippen molar-refractivity contribution in [1.29, 1.82) is 0 Å². The third kappa shape index (κ3) is 6.53. The Morgan fingerprint density at radius 3 is 2.07 bits per heavy atom. The van der Waals surface area contributed by atoms with Crippen LogP contribution in [0, 0.1) is 11.8 Å². The Kier molecular flexibility index (Phi) is 7.90. The lowest BCUT2D eigenvalue weighted by Crippen LogP contribution is -2.28. The number of halogens is 3. The average Bonchev–Trinajstić information content (AvgIpc) is 2.68. The molecule has 1 saturated carbocycles. The average molecular weight is 413 g/mol. The van der Waals surface area contributed by atoms with E-state index in [1.165, 1.54) is 75.5 Å². The number of benzene rings is 1. The number of unbranched alkanes of at least 4 members (excludes halogenated alkanes) is 2. The van der Waals surface area contributed by atoms with Crippen molar-refractivity contribution in [3.63, 3.8) is 0 Å². The highest BCUT2D eigenvalue weighted by atomic mass is 28.3. The van der Waals surface area contributed by atoms with Crippen molar-refractivity contribution in [2.45, 2.75) is 95.1 Å². The zero-order chi connectivity index (χ0) is 20.0. The summed E-state index contributed by atoms with van der Waals surface area (Å²) in [4.78, 5) is 0. The van der Waals surface area contributed by atoms with Crippen LogP contribution in [-0.4, -0.2) is 15.2 Å². The predicted molar refractivity (Wildman–Crippen MR) is 112 cm³/mol. The summed E-state index contributed by atoms with van der Waals surface area (Å²) < 4.78 is 40.9. The normalized spacial score (nSPS) is 28.9. The van der Waals surface area contributed by atoms with Crippen LogP contribution in [0.15, 0.2) is 24.3 Å². The van der Waals surface area contributed by atoms with E-state index >= 15 is 0 Å². The van der Waals surface area contributed by atoms with Crippen molar-refractivity contribution in [2.75, 3.05) is 0 Å². The summed E-state index contributed by atoms with van der Waals surface area (Å²) in [5, 5.41) is 0. The van der Waals surface area contributed by atoms with Gasteiger partial charge in [-0.15, -0.1) is 13.2 Å². The van der Waals surface area contributed by atoms with Crippen LogP contribution in [0.4, 0.5) is 13.2 Å². The molecular weight excluding hydrogens is 377 g/mol. The predicted octanol–water partition coefficient (Wildman–Crippen LogP) is 7.69. The van der Waals surface area contributed by atoms with Gasteiger partial charge in [0.15, 0.2) is 0 Å². The highest BCUT2D eigenvalue weighted by molar-refractivity contribution is 6.58. The second-order valence-corrected chi connectivity index (χ2v) is 12.5. The van der Waals surface area contributed by atoms with Gasteiger partial charge in [0.2, 0.25) is 0 Å². The SMILES string of the molecule is CCCCC[Si@H]1CC[C@H]([C@H]2CC[C@H](c3ccc(OC(F)(F)F)cc3)CC2)CC1. The lowest BCUT2D eigenvalue weighted by Gasteiger charge is -2.37. The summed E-state index contributed by atoms with van der Waals surface area (Å²) in [6, 6.07) is 11.3. The molecule has 1 nitrogen and oxygen atoms in total. The van der Waals surface area contributed by atoms with Gasteiger partial charge in [0.05, 0.1) is 0 Å². The Hall–Kier alpha value is -0.973. The maximum absolute atomic E-state index is 12.3. The van der Waals surface area contributed by atoms with E-state index in [4.69, 9.17) is 0 Å². The third-order valence-corrected chi connectivity index (χ3v) is 10.7. The Morgan fingerprint density at radius 2 is 1.50 bits per heavy atom. The van der Waals surface area contributed by atoms with Crippen molar-refractivity contribution >= 4 is 8.80 Å². The molecule has 1 aliphatic carbocycles. The molecule has 2 aliphatic rings. The molecule has 1 saturated heterocycles. The molecule has 0 bridgehead atoms. The van der Waals surface area contributed by atoms with E-state index in [9.17, 15) is 13.2 Å². The van der Waals surface area contributed by atoms with E-state index in [-0.39, 0.29) is 5.75 Å². The molecule has 1 aromatic rings. The van der Waals surface area contributed by atoms with Crippen LogP contribution >= 0.6 is 0 Å². The second-order valence-electron chi connectivity index (χ2n) is 9.01. The molecule has 0 N–H and O–H groups in total. The van der Waals surface area contributed by atoms with Gasteiger partial charge in [-0.05, 0) is 61.1 Å². The van der Waals surface area contributed by atoms with Crippen LogP contribution < -0.4 is 4.74 Å². The molecule has 5 heteroatoms. The number of ether oxygens (including phenoxy) is 1. The number of hydrogen-bond acceptors (Lipinski definition) is 1. The molecule has 0 unspecified atom stereocenters. The van der Waals surface area contributed by atoms with Gasteiger partial charge in [-0.2, -0.15) is 0 Å². The summed E-state index contributed by atoms with van der Waals surface area (Å²) in [5.74, 6) is 2.20. The maximum atomic E-state index is 12.3. The van der Waals surface area contributed by atoms with Gasteiger partial charge in [0, 0.05) is 8.80 Å². The lowest BCUT2D eigenvalue weighted by atomic mass is 9.72. The minimum atomic E-state index is -4.61. The first-order valence-electron chi connectivity index (χ1n) is 11.3. The van der Waals surface area contributed by atoms with Crippen LogP contribution in [0.3, 0.4) is 0 Å². The van der Waals surface area contributed by atoms with Crippen molar-refractivity contribution in [3.05, 3.63) is 29.8 Å². The number of alkyl halides is 3. The fourth-order valence-corrected chi connectivity index (χ4v) is 9.03. The van der Waals surface area contributed by atoms with Crippen molar-refractivity contribution in [3.8, 4) is 5.75 Å². The minimum Gasteiger partial charge on any atom is -0.406 e. The number of rotatable bonds is 7. The fraction of sp³-hybridized carbons (Fsp3) is 0.739. The van der Waals surface area contributed by atoms with Crippen LogP contribution in [0.5, 0.6) is 5.75 Å². The largest absolute Gasteiger partial charge is 0.573 e. The standard InChI is InChI=1S/C23H35F3OSi/c1-2-3-4-15-28-16-13-21(14-17-28)19-7-5-18(6-8-19)20-9-11-22(12-10-20)27-23(24,25)26/h9-12,18-19,21,28H,2-8,13-17H2,1H3/t18-,19-,21-,28-. The Bertz CT molecular complexity index is 571. The molecule has 3 rings (SSSR count). The zero-order valence-electron chi connectivity index (χ0n) is 17.1. The topological polar surface area (TPSA) is 9.23 Å². The highest BCUT2D eigenvalue weighted by Gasteiger charge is 2.32. The third-order valence-electron chi connectivity index (χ3n) is 7.13. The molecule has 28 heavy (non-hydrogen) atoms. The van der Waals surface area contributed by atoms with Crippen LogP contribution in [0.2, 0.25) is 18.1 Å². The minimum absolute atomic E-state index is 0.121. The molecule has 1 aromatic carbocycles. The molecule has 0 amide bonds. The quantitative estimate of drug-likeness (QED) is 0.329. The first-order valence-corrected chi connectivity index (χ1v) is 13.7. The monoisotopic (exact) mass is 412 g/mol. The van der Waals surface area contributed by atoms with Gasteiger partial charge in [0.1, 0.15) is 5.75 Å². The molecule has 0 atom stereocenters. The summed E-state index contributed by atoms with van der Waals surface area (Å²) in [6.07, 6.45) is 7.49. The molecule has 0 aromatic heterocycles. The Balaban J connectivity index is 1.41. The van der Waals surface area contributed by atoms with E-state index in [0.717, 1.165) is 11.8 Å². The van der Waals surface area contributed by atoms with Crippen molar-refractivity contribution in [2.24, 2.45) is 11.8 Å². The molecule has 0 radical (unpaired) electrons. The van der Waals surface area contributed by atoms with Gasteiger partial charge in [0.25, 0.3) is 0 Å². The molecule has 2 fully saturated rings. The van der Waals surface area contributed by atoms with Crippen LogP contribution in [-0.2, 0) is 0 Å². The van der Waals surface area contributed by atoms with E-state index in [2.05, 4.69) is 11.7 Å². The summed E-state index contributed by atoms with van der Waals surface area (Å²) in [6.45, 7) is 2.29. The fourth-order valence-electron chi connectivity index (χ4n) is 5.50. The van der Waals surface area contributed by atoms with Gasteiger partial charge in [-0.3, -0.25) is 0 Å². The van der Waals surface area contributed by atoms with Gasteiger partial charge in [-0.1, -0.05) is 69.3 Å². The number of hydrogen-bond donors (Lipinski definition) is 0. The molecular formula is C23H35F3OSi. The molecule has 1 heterocycles. The first-order chi connectivity index (χ1) is 13.4. The van der Waals surface area contributed by atoms with Crippen molar-refractivity contribution in [1.82, 2.24) is 0 Å². The van der Waals surface area contributed by atoms with Crippen molar-refractivity contribution < 1.29 is 17.9 Å². The van der Waals surface area contributed by atoms with Gasteiger partial charge < -0.3 is 4.74 Å². The van der Waals surface area contributed by atoms with E-state index in [1.54, 1.807) is 18.1 Å². The molecule has 158 valence electrons. The molecule has 0 spiro atoms. The first kappa shape index (κ1) is 21.7. The highest BCUT2D eigenvalue weighted by Crippen LogP contribution is 2.44. The smallest absolute Gasteiger partial charge is 0.406 e. The maximum Gasteiger partial charge on any atom is 0.573 e. The zero-order valence-corrected chi connectivity index (χ0v) is 18.3. The second kappa shape index (κ2) is 10.2. The van der Waals surface area contributed by atoms with E-state index in [1.807, 2.05) is 12.1 Å². The molecule has 1 aliphatic heterocycles. The Labute approximate surface area is 169 Å². The van der Waals surface area contributed by atoms with E-state index < -0.39 is 15.2 Å².